The molecule has 0 saturated heterocycles. The van der Waals surface area contributed by atoms with Gasteiger partial charge in [0.15, 0.2) is 0 Å². The molecule has 0 fully saturated rings. The average molecular weight is 153 g/mol. The predicted octanol–water partition coefficient (Wildman–Crippen LogP) is 0.606. The molecule has 0 heterocycles. The zero-order chi connectivity index (χ0) is 7.33. The van der Waals surface area contributed by atoms with Gasteiger partial charge in [0.25, 0.3) is 0 Å². The van der Waals surface area contributed by atoms with Gasteiger partial charge in [0.2, 0.25) is 0 Å². The fourth-order valence-electron chi connectivity index (χ4n) is 0.458. The first-order chi connectivity index (χ1) is 4.18. The fourth-order valence-corrected chi connectivity index (χ4v) is 0.676. The molecule has 2 N–H and O–H groups in total. The minimum absolute atomic E-state index is 0.0388. The summed E-state index contributed by atoms with van der Waals surface area (Å²) in [4.78, 5) is 0. The van der Waals surface area contributed by atoms with Gasteiger partial charge in [-0.25, -0.2) is 0 Å². The summed E-state index contributed by atoms with van der Waals surface area (Å²) in [5, 5.41) is 17.2. The van der Waals surface area contributed by atoms with Crippen molar-refractivity contribution in [2.75, 3.05) is 19.1 Å². The summed E-state index contributed by atoms with van der Waals surface area (Å²) in [6, 6.07) is 0. The van der Waals surface area contributed by atoms with Gasteiger partial charge in [-0.3, -0.25) is 0 Å². The number of aliphatic hydroxyl groups excluding tert-OH is 2. The molecule has 0 amide bonds. The van der Waals surface area contributed by atoms with E-state index in [0.717, 1.165) is 0 Å². The van der Waals surface area contributed by atoms with E-state index in [1.165, 1.54) is 0 Å². The summed E-state index contributed by atoms with van der Waals surface area (Å²) < 4.78 is 0. The van der Waals surface area contributed by atoms with E-state index in [2.05, 4.69) is 0 Å². The summed E-state index contributed by atoms with van der Waals surface area (Å²) in [7, 11) is 0. The maximum atomic E-state index is 8.72. The van der Waals surface area contributed by atoms with Crippen LogP contribution >= 0.6 is 11.6 Å². The van der Waals surface area contributed by atoms with E-state index >= 15 is 0 Å². The normalized spacial score (nSPS) is 17.3. The van der Waals surface area contributed by atoms with Gasteiger partial charge >= 0.3 is 0 Å². The highest BCUT2D eigenvalue weighted by atomic mass is 35.5. The molecule has 0 aromatic heterocycles. The second-order valence-corrected chi connectivity index (χ2v) is 2.84. The van der Waals surface area contributed by atoms with Crippen LogP contribution < -0.4 is 0 Å². The third-order valence-electron chi connectivity index (χ3n) is 1.42. The van der Waals surface area contributed by atoms with Crippen molar-refractivity contribution >= 4 is 11.6 Å². The van der Waals surface area contributed by atoms with Crippen LogP contribution in [0.25, 0.3) is 0 Å². The van der Waals surface area contributed by atoms with E-state index in [1.807, 2.05) is 6.92 Å². The number of aliphatic hydroxyl groups is 2. The Balaban J connectivity index is 3.62. The molecule has 0 radical (unpaired) electrons. The van der Waals surface area contributed by atoms with Gasteiger partial charge in [-0.15, -0.1) is 11.6 Å². The van der Waals surface area contributed by atoms with Crippen molar-refractivity contribution < 1.29 is 10.2 Å². The molecular weight excluding hydrogens is 140 g/mol. The Labute approximate surface area is 60.5 Å². The van der Waals surface area contributed by atoms with Crippen molar-refractivity contribution in [3.05, 3.63) is 0 Å². The summed E-state index contributed by atoms with van der Waals surface area (Å²) in [6.07, 6.45) is 0.562. The Kier molecular flexibility index (Phi) is 4.19. The molecule has 0 aromatic rings. The monoisotopic (exact) mass is 152 g/mol. The van der Waals surface area contributed by atoms with Crippen molar-refractivity contribution in [2.45, 2.75) is 13.3 Å². The number of hydrogen-bond acceptors (Lipinski definition) is 2. The Morgan fingerprint density at radius 1 is 1.44 bits per heavy atom. The molecule has 0 rings (SSSR count). The lowest BCUT2D eigenvalue weighted by molar-refractivity contribution is 0.125. The minimum atomic E-state index is -0.295. The molecule has 3 heteroatoms. The van der Waals surface area contributed by atoms with Crippen LogP contribution in [0.5, 0.6) is 0 Å². The Morgan fingerprint density at radius 3 is 2.11 bits per heavy atom. The fraction of sp³-hybridized carbons (Fsp3) is 1.00. The molecule has 9 heavy (non-hydrogen) atoms. The van der Waals surface area contributed by atoms with Gasteiger partial charge in [-0.2, -0.15) is 0 Å². The van der Waals surface area contributed by atoms with Gasteiger partial charge < -0.3 is 10.2 Å². The first-order valence-electron chi connectivity index (χ1n) is 2.96. The van der Waals surface area contributed by atoms with Crippen molar-refractivity contribution in [3.8, 4) is 0 Å². The lowest BCUT2D eigenvalue weighted by atomic mass is 9.91. The summed E-state index contributed by atoms with van der Waals surface area (Å²) in [6.45, 7) is 1.97. The molecule has 1 atom stereocenters. The van der Waals surface area contributed by atoms with E-state index < -0.39 is 0 Å². The van der Waals surface area contributed by atoms with Gasteiger partial charge in [-0.1, -0.05) is 6.92 Å². The minimum Gasteiger partial charge on any atom is -0.396 e. The van der Waals surface area contributed by atoms with Crippen molar-refractivity contribution in [1.82, 2.24) is 0 Å². The maximum absolute atomic E-state index is 8.72. The molecule has 0 aliphatic heterocycles. The molecule has 2 nitrogen and oxygen atoms in total. The van der Waals surface area contributed by atoms with E-state index in [4.69, 9.17) is 21.8 Å². The third kappa shape index (κ3) is 3.04. The van der Waals surface area contributed by atoms with E-state index in [-0.39, 0.29) is 18.6 Å². The van der Waals surface area contributed by atoms with Crippen LogP contribution in [0.2, 0.25) is 0 Å². The van der Waals surface area contributed by atoms with Crippen LogP contribution in [0, 0.1) is 5.41 Å². The second kappa shape index (κ2) is 4.09. The number of alkyl halides is 1. The first kappa shape index (κ1) is 9.21. The quantitative estimate of drug-likeness (QED) is 0.580. The van der Waals surface area contributed by atoms with Crippen LogP contribution in [0.4, 0.5) is 0 Å². The van der Waals surface area contributed by atoms with Crippen molar-refractivity contribution in [3.63, 3.8) is 0 Å². The summed E-state index contributed by atoms with van der Waals surface area (Å²) in [5.41, 5.74) is -0.295. The maximum Gasteiger partial charge on any atom is 0.0497 e. The first-order valence-corrected chi connectivity index (χ1v) is 3.49. The Hall–Kier alpha value is 0.210. The van der Waals surface area contributed by atoms with Gasteiger partial charge in [0.05, 0.1) is 0 Å². The zero-order valence-electron chi connectivity index (χ0n) is 5.60. The van der Waals surface area contributed by atoms with E-state index in [9.17, 15) is 0 Å². The lowest BCUT2D eigenvalue weighted by Gasteiger charge is -2.22. The largest absolute Gasteiger partial charge is 0.396 e. The number of rotatable bonds is 4. The van der Waals surface area contributed by atoms with Crippen LogP contribution in [-0.4, -0.2) is 29.3 Å². The molecule has 56 valence electrons. The lowest BCUT2D eigenvalue weighted by Crippen LogP contribution is -2.24. The smallest absolute Gasteiger partial charge is 0.0497 e. The summed E-state index contributed by atoms with van der Waals surface area (Å²) >= 11 is 5.52. The zero-order valence-corrected chi connectivity index (χ0v) is 6.36. The van der Waals surface area contributed by atoms with Gasteiger partial charge in [0, 0.05) is 24.5 Å². The van der Waals surface area contributed by atoms with Crippen LogP contribution in [0.3, 0.4) is 0 Å². The third-order valence-corrected chi connectivity index (χ3v) is 2.06. The van der Waals surface area contributed by atoms with Crippen molar-refractivity contribution in [2.24, 2.45) is 5.41 Å². The molecular formula is C6H13ClO2. The Bertz CT molecular complexity index is 71.5. The molecule has 0 saturated carbocycles. The Morgan fingerprint density at radius 2 is 2.00 bits per heavy atom. The summed E-state index contributed by atoms with van der Waals surface area (Å²) in [5.74, 6) is 0.393. The highest BCUT2D eigenvalue weighted by Gasteiger charge is 2.20. The van der Waals surface area contributed by atoms with Crippen LogP contribution in [0.15, 0.2) is 0 Å². The highest BCUT2D eigenvalue weighted by Crippen LogP contribution is 2.20. The standard InChI is InChI=1S/C6H13ClO2/c1-6(4-7,5-9)2-3-8/h8-9H,2-5H2,1H3. The van der Waals surface area contributed by atoms with Gasteiger partial charge in [0.1, 0.15) is 0 Å². The van der Waals surface area contributed by atoms with E-state index in [0.29, 0.717) is 12.3 Å². The molecule has 0 aromatic carbocycles. The molecule has 1 unspecified atom stereocenters. The van der Waals surface area contributed by atoms with Crippen LogP contribution in [-0.2, 0) is 0 Å². The molecule has 0 spiro atoms. The van der Waals surface area contributed by atoms with Gasteiger partial charge in [-0.05, 0) is 6.42 Å². The van der Waals surface area contributed by atoms with Crippen LogP contribution in [0.1, 0.15) is 13.3 Å². The second-order valence-electron chi connectivity index (χ2n) is 2.58. The molecule has 0 aliphatic carbocycles. The topological polar surface area (TPSA) is 40.5 Å². The number of halogens is 1. The van der Waals surface area contributed by atoms with Crippen molar-refractivity contribution in [1.29, 1.82) is 0 Å². The molecule has 0 bridgehead atoms. The average Bonchev–Trinajstić information content (AvgIpc) is 1.89. The molecule has 0 aliphatic rings. The SMILES string of the molecule is CC(CO)(CCl)CCO. The van der Waals surface area contributed by atoms with E-state index in [1.54, 1.807) is 0 Å². The number of hydrogen-bond donors (Lipinski definition) is 2. The highest BCUT2D eigenvalue weighted by molar-refractivity contribution is 6.18. The predicted molar refractivity (Wildman–Crippen MR) is 37.6 cm³/mol.